The maximum absolute atomic E-state index is 12.9. The molecule has 4 heteroatoms. The number of rotatable bonds is 1. The van der Waals surface area contributed by atoms with Gasteiger partial charge in [0, 0.05) is 6.08 Å². The van der Waals surface area contributed by atoms with Crippen LogP contribution in [-0.2, 0) is 0 Å². The van der Waals surface area contributed by atoms with Gasteiger partial charge in [-0.1, -0.05) is 23.2 Å². The number of hydrogen-bond acceptors (Lipinski definition) is 1. The molecule has 0 aromatic heterocycles. The predicted molar refractivity (Wildman–Crippen MR) is 51.1 cm³/mol. The molecule has 0 spiro atoms. The Kier molecular flexibility index (Phi) is 3.30. The van der Waals surface area contributed by atoms with Crippen LogP contribution < -0.4 is 0 Å². The summed E-state index contributed by atoms with van der Waals surface area (Å²) in [4.78, 5) is 0. The van der Waals surface area contributed by atoms with Crippen LogP contribution in [-0.4, -0.2) is 0 Å². The van der Waals surface area contributed by atoms with E-state index in [-0.39, 0.29) is 10.0 Å². The van der Waals surface area contributed by atoms with Crippen LogP contribution in [0.5, 0.6) is 0 Å². The summed E-state index contributed by atoms with van der Waals surface area (Å²) in [6.45, 7) is 0. The Morgan fingerprint density at radius 2 is 1.85 bits per heavy atom. The Bertz CT molecular complexity index is 370. The molecule has 13 heavy (non-hydrogen) atoms. The van der Waals surface area contributed by atoms with Gasteiger partial charge in [0.25, 0.3) is 0 Å². The number of allylic oxidation sites excluding steroid dienone is 1. The highest BCUT2D eigenvalue weighted by Crippen LogP contribution is 2.25. The minimum Gasteiger partial charge on any atom is -0.204 e. The lowest BCUT2D eigenvalue weighted by atomic mass is 10.2. The molecule has 0 unspecified atom stereocenters. The fourth-order valence-electron chi connectivity index (χ4n) is 0.805. The molecule has 0 fully saturated rings. The SMILES string of the molecule is N#CC=Cc1cc(Cl)c(F)c(Cl)c1. The van der Waals surface area contributed by atoms with E-state index < -0.39 is 5.82 Å². The summed E-state index contributed by atoms with van der Waals surface area (Å²) < 4.78 is 12.9. The van der Waals surface area contributed by atoms with Gasteiger partial charge in [-0.05, 0) is 23.8 Å². The molecule has 0 atom stereocenters. The van der Waals surface area contributed by atoms with Crippen molar-refractivity contribution in [3.63, 3.8) is 0 Å². The number of nitrogens with zero attached hydrogens (tertiary/aromatic N) is 1. The molecule has 1 nitrogen and oxygen atoms in total. The third-order valence-corrected chi connectivity index (χ3v) is 1.91. The second-order valence-electron chi connectivity index (χ2n) is 2.26. The van der Waals surface area contributed by atoms with Crippen LogP contribution in [0, 0.1) is 17.1 Å². The van der Waals surface area contributed by atoms with Crippen molar-refractivity contribution in [1.82, 2.24) is 0 Å². The molecular weight excluding hydrogens is 212 g/mol. The molecule has 0 N–H and O–H groups in total. The van der Waals surface area contributed by atoms with Crippen molar-refractivity contribution in [3.05, 3.63) is 39.6 Å². The van der Waals surface area contributed by atoms with Crippen molar-refractivity contribution >= 4 is 29.3 Å². The summed E-state index contributed by atoms with van der Waals surface area (Å²) in [5.74, 6) is -0.641. The molecule has 0 saturated heterocycles. The van der Waals surface area contributed by atoms with Crippen LogP contribution in [0.25, 0.3) is 6.08 Å². The number of halogens is 3. The van der Waals surface area contributed by atoms with E-state index in [4.69, 9.17) is 28.5 Å². The zero-order valence-corrected chi connectivity index (χ0v) is 7.90. The molecule has 0 amide bonds. The topological polar surface area (TPSA) is 23.8 Å². The molecular formula is C9H4Cl2FN. The van der Waals surface area contributed by atoms with Gasteiger partial charge < -0.3 is 0 Å². The summed E-state index contributed by atoms with van der Waals surface area (Å²) in [7, 11) is 0. The fourth-order valence-corrected chi connectivity index (χ4v) is 1.31. The third-order valence-electron chi connectivity index (χ3n) is 1.36. The van der Waals surface area contributed by atoms with Crippen LogP contribution in [0.15, 0.2) is 18.2 Å². The van der Waals surface area contributed by atoms with Crippen molar-refractivity contribution in [2.24, 2.45) is 0 Å². The first-order valence-corrected chi connectivity index (χ1v) is 4.11. The summed E-state index contributed by atoms with van der Waals surface area (Å²) in [6, 6.07) is 4.61. The first kappa shape index (κ1) is 10.0. The van der Waals surface area contributed by atoms with Crippen molar-refractivity contribution < 1.29 is 4.39 Å². The summed E-state index contributed by atoms with van der Waals surface area (Å²) in [5, 5.41) is 8.14. The lowest BCUT2D eigenvalue weighted by Gasteiger charge is -1.98. The highest BCUT2D eigenvalue weighted by Gasteiger charge is 2.05. The van der Waals surface area contributed by atoms with E-state index in [0.717, 1.165) is 0 Å². The number of hydrogen-bond donors (Lipinski definition) is 0. The fraction of sp³-hybridized carbons (Fsp3) is 0. The van der Waals surface area contributed by atoms with E-state index in [1.165, 1.54) is 24.3 Å². The average molecular weight is 216 g/mol. The van der Waals surface area contributed by atoms with Crippen molar-refractivity contribution in [1.29, 1.82) is 5.26 Å². The van der Waals surface area contributed by atoms with E-state index in [9.17, 15) is 4.39 Å². The van der Waals surface area contributed by atoms with Gasteiger partial charge in [0.2, 0.25) is 0 Å². The van der Waals surface area contributed by atoms with Crippen molar-refractivity contribution in [2.45, 2.75) is 0 Å². The molecule has 0 radical (unpaired) electrons. The van der Waals surface area contributed by atoms with Gasteiger partial charge >= 0.3 is 0 Å². The van der Waals surface area contributed by atoms with Crippen LogP contribution in [0.3, 0.4) is 0 Å². The maximum Gasteiger partial charge on any atom is 0.160 e. The maximum atomic E-state index is 12.9. The van der Waals surface area contributed by atoms with Gasteiger partial charge in [0.15, 0.2) is 5.82 Å². The smallest absolute Gasteiger partial charge is 0.160 e. The first-order chi connectivity index (χ1) is 6.15. The zero-order chi connectivity index (χ0) is 9.84. The summed E-state index contributed by atoms with van der Waals surface area (Å²) >= 11 is 11.0. The Labute approximate surface area is 85.0 Å². The molecule has 0 aliphatic heterocycles. The van der Waals surface area contributed by atoms with Gasteiger partial charge in [-0.2, -0.15) is 5.26 Å². The number of benzene rings is 1. The molecule has 0 aliphatic carbocycles. The van der Waals surface area contributed by atoms with E-state index in [2.05, 4.69) is 0 Å². The van der Waals surface area contributed by atoms with E-state index in [0.29, 0.717) is 5.56 Å². The Balaban J connectivity index is 3.15. The van der Waals surface area contributed by atoms with Gasteiger partial charge in [-0.25, -0.2) is 4.39 Å². The van der Waals surface area contributed by atoms with Crippen LogP contribution in [0.4, 0.5) is 4.39 Å². The molecule has 1 aromatic rings. The highest BCUT2D eigenvalue weighted by molar-refractivity contribution is 6.35. The monoisotopic (exact) mass is 215 g/mol. The van der Waals surface area contributed by atoms with Crippen molar-refractivity contribution in [2.75, 3.05) is 0 Å². The largest absolute Gasteiger partial charge is 0.204 e. The van der Waals surface area contributed by atoms with Crippen molar-refractivity contribution in [3.8, 4) is 6.07 Å². The first-order valence-electron chi connectivity index (χ1n) is 3.36. The summed E-state index contributed by atoms with van der Waals surface area (Å²) in [5.41, 5.74) is 0.595. The van der Waals surface area contributed by atoms with Crippen LogP contribution in [0.2, 0.25) is 10.0 Å². The Morgan fingerprint density at radius 3 is 2.31 bits per heavy atom. The summed E-state index contributed by atoms with van der Waals surface area (Å²) in [6.07, 6.45) is 2.76. The van der Waals surface area contributed by atoms with E-state index in [1.807, 2.05) is 6.07 Å². The second-order valence-corrected chi connectivity index (χ2v) is 3.08. The molecule has 0 aliphatic rings. The van der Waals surface area contributed by atoms with Gasteiger partial charge in [-0.15, -0.1) is 0 Å². The highest BCUT2D eigenvalue weighted by atomic mass is 35.5. The Morgan fingerprint density at radius 1 is 1.31 bits per heavy atom. The van der Waals surface area contributed by atoms with Crippen LogP contribution in [0.1, 0.15) is 5.56 Å². The third kappa shape index (κ3) is 2.45. The normalized spacial score (nSPS) is 10.3. The molecule has 1 rings (SSSR count). The minimum absolute atomic E-state index is 0.0508. The van der Waals surface area contributed by atoms with E-state index in [1.54, 1.807) is 0 Å². The quantitative estimate of drug-likeness (QED) is 0.518. The molecule has 66 valence electrons. The zero-order valence-electron chi connectivity index (χ0n) is 6.39. The van der Waals surface area contributed by atoms with Gasteiger partial charge in [0.05, 0.1) is 16.1 Å². The molecule has 0 bridgehead atoms. The molecule has 0 saturated carbocycles. The van der Waals surface area contributed by atoms with E-state index >= 15 is 0 Å². The second kappa shape index (κ2) is 4.27. The lowest BCUT2D eigenvalue weighted by Crippen LogP contribution is -1.81. The number of nitriles is 1. The average Bonchev–Trinajstić information content (AvgIpc) is 2.10. The minimum atomic E-state index is -0.641. The van der Waals surface area contributed by atoms with Gasteiger partial charge in [0.1, 0.15) is 0 Å². The van der Waals surface area contributed by atoms with Gasteiger partial charge in [-0.3, -0.25) is 0 Å². The van der Waals surface area contributed by atoms with Crippen LogP contribution >= 0.6 is 23.2 Å². The standard InChI is InChI=1S/C9H4Cl2FN/c10-7-4-6(2-1-3-13)5-8(11)9(7)12/h1-2,4-5H. The molecule has 0 heterocycles. The lowest BCUT2D eigenvalue weighted by molar-refractivity contribution is 0.628. The Hall–Kier alpha value is -1.04. The predicted octanol–water partition coefficient (Wildman–Crippen LogP) is 3.67. The molecule has 1 aromatic carbocycles.